The van der Waals surface area contributed by atoms with Crippen LogP contribution < -0.4 is 10.2 Å². The molecule has 1 N–H and O–H groups in total. The molecule has 11 heteroatoms. The summed E-state index contributed by atoms with van der Waals surface area (Å²) >= 11 is 0. The lowest BCUT2D eigenvalue weighted by Gasteiger charge is -2.14. The van der Waals surface area contributed by atoms with Crippen molar-refractivity contribution in [2.24, 2.45) is 0 Å². The number of halogens is 3. The number of anilines is 2. The summed E-state index contributed by atoms with van der Waals surface area (Å²) in [6.07, 6.45) is -2.57. The molecule has 1 aromatic carbocycles. The Kier molecular flexibility index (Phi) is 6.47. The first-order valence-corrected chi connectivity index (χ1v) is 9.49. The monoisotopic (exact) mass is 447 g/mol. The highest BCUT2D eigenvalue weighted by atomic mass is 19.4. The molecule has 0 aliphatic carbocycles. The number of hydrogen-bond donors (Lipinski definition) is 1. The highest BCUT2D eigenvalue weighted by molar-refractivity contribution is 6.04. The number of rotatable bonds is 6. The summed E-state index contributed by atoms with van der Waals surface area (Å²) in [5.74, 6) is -1.01. The van der Waals surface area contributed by atoms with Gasteiger partial charge >= 0.3 is 12.1 Å². The number of nitrogens with zero attached hydrogens (tertiary/aromatic N) is 4. The Morgan fingerprint density at radius 1 is 1.19 bits per heavy atom. The predicted molar refractivity (Wildman–Crippen MR) is 111 cm³/mol. The number of benzene rings is 1. The molecule has 168 valence electrons. The maximum Gasteiger partial charge on any atom is 0.434 e. The van der Waals surface area contributed by atoms with Crippen molar-refractivity contribution in [3.05, 3.63) is 65.6 Å². The van der Waals surface area contributed by atoms with Crippen molar-refractivity contribution in [3.8, 4) is 5.69 Å². The quantitative estimate of drug-likeness (QED) is 0.579. The topological polar surface area (TPSA) is 89.3 Å². The molecule has 0 spiro atoms. The molecule has 2 aromatic heterocycles. The average molecular weight is 447 g/mol. The Hall–Kier alpha value is -3.89. The fourth-order valence-electron chi connectivity index (χ4n) is 2.90. The van der Waals surface area contributed by atoms with Crippen LogP contribution in [-0.2, 0) is 10.9 Å². The summed E-state index contributed by atoms with van der Waals surface area (Å²) in [4.78, 5) is 30.4. The lowest BCUT2D eigenvalue weighted by atomic mass is 10.2. The first-order valence-electron chi connectivity index (χ1n) is 9.49. The third-order valence-corrected chi connectivity index (χ3v) is 4.35. The van der Waals surface area contributed by atoms with E-state index in [-0.39, 0.29) is 18.0 Å². The second-order valence-corrected chi connectivity index (χ2v) is 6.84. The van der Waals surface area contributed by atoms with E-state index in [1.165, 1.54) is 43.5 Å². The van der Waals surface area contributed by atoms with E-state index in [9.17, 15) is 22.8 Å². The average Bonchev–Trinajstić information content (AvgIpc) is 3.20. The molecule has 3 rings (SSSR count). The summed E-state index contributed by atoms with van der Waals surface area (Å²) < 4.78 is 46.4. The number of nitrogens with one attached hydrogen (secondary N) is 1. The Bertz CT molecular complexity index is 1140. The van der Waals surface area contributed by atoms with Crippen molar-refractivity contribution >= 4 is 23.4 Å². The molecular weight excluding hydrogens is 427 g/mol. The van der Waals surface area contributed by atoms with Gasteiger partial charge in [0, 0.05) is 31.5 Å². The first-order chi connectivity index (χ1) is 15.1. The number of carbonyl (C=O) groups excluding carboxylic acids is 2. The van der Waals surface area contributed by atoms with Crippen LogP contribution in [0.4, 0.5) is 24.7 Å². The van der Waals surface area contributed by atoms with Gasteiger partial charge in [-0.1, -0.05) is 6.07 Å². The zero-order chi connectivity index (χ0) is 23.5. The lowest BCUT2D eigenvalue weighted by molar-refractivity contribution is -0.143. The fourth-order valence-corrected chi connectivity index (χ4v) is 2.90. The Balaban J connectivity index is 1.94. The summed E-state index contributed by atoms with van der Waals surface area (Å²) in [5, 5.41) is 6.38. The molecule has 0 saturated heterocycles. The van der Waals surface area contributed by atoms with E-state index < -0.39 is 29.3 Å². The van der Waals surface area contributed by atoms with Gasteiger partial charge in [-0.2, -0.15) is 18.3 Å². The van der Waals surface area contributed by atoms with E-state index in [0.29, 0.717) is 16.1 Å². The Labute approximate surface area is 181 Å². The van der Waals surface area contributed by atoms with Crippen LogP contribution in [0.5, 0.6) is 0 Å². The predicted octanol–water partition coefficient (Wildman–Crippen LogP) is 3.78. The van der Waals surface area contributed by atoms with Gasteiger partial charge in [0.15, 0.2) is 5.69 Å². The summed E-state index contributed by atoms with van der Waals surface area (Å²) in [7, 11) is 3.56. The van der Waals surface area contributed by atoms with Crippen LogP contribution in [0, 0.1) is 0 Å². The van der Waals surface area contributed by atoms with Crippen molar-refractivity contribution in [2.75, 3.05) is 30.9 Å². The Morgan fingerprint density at radius 3 is 2.59 bits per heavy atom. The number of aromatic nitrogens is 3. The van der Waals surface area contributed by atoms with Crippen molar-refractivity contribution < 1.29 is 27.5 Å². The normalized spacial score (nSPS) is 11.2. The first kappa shape index (κ1) is 22.8. The molecule has 0 atom stereocenters. The molecule has 0 aliphatic rings. The van der Waals surface area contributed by atoms with Gasteiger partial charge in [0.1, 0.15) is 11.4 Å². The van der Waals surface area contributed by atoms with Crippen LogP contribution in [0.3, 0.4) is 0 Å². The van der Waals surface area contributed by atoms with E-state index in [1.807, 2.05) is 0 Å². The van der Waals surface area contributed by atoms with Crippen molar-refractivity contribution in [2.45, 2.75) is 13.1 Å². The van der Waals surface area contributed by atoms with E-state index in [1.54, 1.807) is 25.1 Å². The van der Waals surface area contributed by atoms with Gasteiger partial charge in [-0.25, -0.2) is 14.5 Å². The zero-order valence-electron chi connectivity index (χ0n) is 17.5. The van der Waals surface area contributed by atoms with Gasteiger partial charge < -0.3 is 15.0 Å². The largest absolute Gasteiger partial charge is 0.462 e. The van der Waals surface area contributed by atoms with Crippen molar-refractivity contribution in [3.63, 3.8) is 0 Å². The summed E-state index contributed by atoms with van der Waals surface area (Å²) in [6, 6.07) is 8.80. The maximum atomic E-state index is 13.7. The number of alkyl halides is 3. The van der Waals surface area contributed by atoms with Crippen LogP contribution >= 0.6 is 0 Å². The van der Waals surface area contributed by atoms with Gasteiger partial charge in [-0.15, -0.1) is 0 Å². The molecule has 0 aliphatic heterocycles. The number of esters is 1. The molecule has 1 amide bonds. The van der Waals surface area contributed by atoms with Crippen LogP contribution in [0.1, 0.15) is 33.3 Å². The molecule has 2 heterocycles. The van der Waals surface area contributed by atoms with Crippen LogP contribution in [-0.4, -0.2) is 47.3 Å². The van der Waals surface area contributed by atoms with Gasteiger partial charge in [-0.3, -0.25) is 4.79 Å². The number of hydrogen-bond acceptors (Lipinski definition) is 6. The highest BCUT2D eigenvalue weighted by Gasteiger charge is 2.41. The molecule has 32 heavy (non-hydrogen) atoms. The number of amides is 1. The van der Waals surface area contributed by atoms with Crippen molar-refractivity contribution in [1.82, 2.24) is 14.8 Å². The van der Waals surface area contributed by atoms with E-state index in [2.05, 4.69) is 15.4 Å². The molecule has 0 radical (unpaired) electrons. The van der Waals surface area contributed by atoms with Gasteiger partial charge in [0.05, 0.1) is 18.5 Å². The minimum Gasteiger partial charge on any atom is -0.462 e. The lowest BCUT2D eigenvalue weighted by Crippen LogP contribution is -2.19. The number of pyridine rings is 1. The standard InChI is InChI=1S/C21H20F3N5O3/c1-4-32-20(31)16-12-26-29(18(16)21(22,23)24)15-7-5-6-14(11-15)27-19(30)13-8-9-25-17(10-13)28(2)3/h5-12H,4H2,1-3H3,(H,27,30). The minimum absolute atomic E-state index is 0.00869. The van der Waals surface area contributed by atoms with Gasteiger partial charge in [-0.05, 0) is 37.3 Å². The fraction of sp³-hybridized carbons (Fsp3) is 0.238. The minimum atomic E-state index is -4.86. The smallest absolute Gasteiger partial charge is 0.434 e. The Morgan fingerprint density at radius 2 is 1.94 bits per heavy atom. The van der Waals surface area contributed by atoms with Crippen LogP contribution in [0.2, 0.25) is 0 Å². The molecule has 0 fully saturated rings. The third-order valence-electron chi connectivity index (χ3n) is 4.35. The summed E-state index contributed by atoms with van der Waals surface area (Å²) in [6.45, 7) is 1.42. The number of ether oxygens (including phenoxy) is 1. The van der Waals surface area contributed by atoms with Gasteiger partial charge in [0.2, 0.25) is 0 Å². The molecule has 0 unspecified atom stereocenters. The second kappa shape index (κ2) is 9.08. The SMILES string of the molecule is CCOC(=O)c1cnn(-c2cccc(NC(=O)c3ccnc(N(C)C)c3)c2)c1C(F)(F)F. The van der Waals surface area contributed by atoms with E-state index in [0.717, 1.165) is 6.20 Å². The second-order valence-electron chi connectivity index (χ2n) is 6.84. The maximum absolute atomic E-state index is 13.7. The van der Waals surface area contributed by atoms with Crippen LogP contribution in [0.15, 0.2) is 48.8 Å². The highest BCUT2D eigenvalue weighted by Crippen LogP contribution is 2.34. The number of carbonyl (C=O) groups is 2. The van der Waals surface area contributed by atoms with E-state index >= 15 is 0 Å². The summed E-state index contributed by atoms with van der Waals surface area (Å²) in [5.41, 5.74) is -1.37. The van der Waals surface area contributed by atoms with Crippen molar-refractivity contribution in [1.29, 1.82) is 0 Å². The molecule has 0 bridgehead atoms. The van der Waals surface area contributed by atoms with E-state index in [4.69, 9.17) is 4.74 Å². The molecular formula is C21H20F3N5O3. The third kappa shape index (κ3) is 4.88. The van der Waals surface area contributed by atoms with Gasteiger partial charge in [0.25, 0.3) is 5.91 Å². The molecule has 0 saturated carbocycles. The zero-order valence-corrected chi connectivity index (χ0v) is 17.5. The van der Waals surface area contributed by atoms with Crippen LogP contribution in [0.25, 0.3) is 5.69 Å². The molecule has 8 nitrogen and oxygen atoms in total. The molecule has 3 aromatic rings.